The first-order valence-corrected chi connectivity index (χ1v) is 14.9. The summed E-state index contributed by atoms with van der Waals surface area (Å²) in [5.41, 5.74) is 11.1. The van der Waals surface area contributed by atoms with Crippen LogP contribution in [0.25, 0.3) is 50.0 Å². The van der Waals surface area contributed by atoms with E-state index in [2.05, 4.69) is 95.7 Å². The first-order valence-electron chi connectivity index (χ1n) is 14.9. The van der Waals surface area contributed by atoms with E-state index in [1.807, 2.05) is 48.5 Å². The summed E-state index contributed by atoms with van der Waals surface area (Å²) >= 11 is 0. The van der Waals surface area contributed by atoms with Crippen molar-refractivity contribution in [2.75, 3.05) is 5.32 Å². The standard InChI is InChI=1S/C39H31N3O/c1-25-10-9-15-32-36-34(23-22-30-29-13-6-8-17-35(29)43-39(30)36)42(38(25)32)24-41-33-16-7-5-14-31(33)37(40)28-20-18-27(19-21-28)26-11-3-2-4-12-26/h2-9,11-23,25,40-41H,10,24H2,1H3. The van der Waals surface area contributed by atoms with E-state index in [1.54, 1.807) is 0 Å². The summed E-state index contributed by atoms with van der Waals surface area (Å²) in [5.74, 6) is 0.380. The Bertz CT molecular complexity index is 2180. The van der Waals surface area contributed by atoms with Crippen LogP contribution in [0.4, 0.5) is 5.69 Å². The molecule has 2 heterocycles. The number of para-hydroxylation sites is 2. The molecule has 2 N–H and O–H groups in total. The fourth-order valence-corrected chi connectivity index (χ4v) is 6.67. The van der Waals surface area contributed by atoms with Gasteiger partial charge in [0.25, 0.3) is 0 Å². The Balaban J connectivity index is 1.16. The van der Waals surface area contributed by atoms with Crippen molar-refractivity contribution in [3.63, 3.8) is 0 Å². The number of fused-ring (bicyclic) bond motifs is 7. The Labute approximate surface area is 250 Å². The molecule has 4 heteroatoms. The highest BCUT2D eigenvalue weighted by Gasteiger charge is 2.25. The lowest BCUT2D eigenvalue weighted by Crippen LogP contribution is -2.15. The van der Waals surface area contributed by atoms with Crippen molar-refractivity contribution in [2.24, 2.45) is 0 Å². The molecule has 0 aliphatic heterocycles. The maximum Gasteiger partial charge on any atom is 0.145 e. The summed E-state index contributed by atoms with van der Waals surface area (Å²) in [4.78, 5) is 0. The average Bonchev–Trinajstić information content (AvgIpc) is 3.60. The molecular weight excluding hydrogens is 526 g/mol. The van der Waals surface area contributed by atoms with Gasteiger partial charge in [-0.1, -0.05) is 110 Å². The molecule has 7 aromatic rings. The van der Waals surface area contributed by atoms with Crippen LogP contribution in [0.2, 0.25) is 0 Å². The van der Waals surface area contributed by atoms with Crippen LogP contribution in [-0.4, -0.2) is 10.3 Å². The van der Waals surface area contributed by atoms with Crippen LogP contribution in [0, 0.1) is 5.41 Å². The third-order valence-electron chi connectivity index (χ3n) is 8.80. The van der Waals surface area contributed by atoms with Gasteiger partial charge in [-0.25, -0.2) is 0 Å². The summed E-state index contributed by atoms with van der Waals surface area (Å²) in [6.07, 6.45) is 5.56. The van der Waals surface area contributed by atoms with Gasteiger partial charge in [-0.05, 0) is 41.8 Å². The van der Waals surface area contributed by atoms with E-state index in [1.165, 1.54) is 22.2 Å². The largest absolute Gasteiger partial charge is 0.455 e. The van der Waals surface area contributed by atoms with E-state index in [0.29, 0.717) is 18.3 Å². The number of nitrogens with zero attached hydrogens (tertiary/aromatic N) is 1. The smallest absolute Gasteiger partial charge is 0.145 e. The van der Waals surface area contributed by atoms with Crippen LogP contribution >= 0.6 is 0 Å². The molecule has 8 rings (SSSR count). The van der Waals surface area contributed by atoms with Crippen molar-refractivity contribution in [2.45, 2.75) is 25.9 Å². The van der Waals surface area contributed by atoms with Gasteiger partial charge in [0.15, 0.2) is 0 Å². The van der Waals surface area contributed by atoms with Crippen LogP contribution in [0.1, 0.15) is 41.6 Å². The highest BCUT2D eigenvalue weighted by Crippen LogP contribution is 2.43. The molecule has 0 spiro atoms. The molecule has 1 unspecified atom stereocenters. The molecule has 0 amide bonds. The first kappa shape index (κ1) is 25.4. The van der Waals surface area contributed by atoms with Crippen LogP contribution in [0.3, 0.4) is 0 Å². The third kappa shape index (κ3) is 4.18. The van der Waals surface area contributed by atoms with E-state index in [4.69, 9.17) is 9.83 Å². The lowest BCUT2D eigenvalue weighted by Gasteiger charge is -2.21. The third-order valence-corrected chi connectivity index (χ3v) is 8.80. The Kier molecular flexibility index (Phi) is 6.00. The molecule has 5 aromatic carbocycles. The molecule has 1 aliphatic carbocycles. The van der Waals surface area contributed by atoms with Gasteiger partial charge in [0.2, 0.25) is 0 Å². The monoisotopic (exact) mass is 557 g/mol. The van der Waals surface area contributed by atoms with E-state index in [0.717, 1.165) is 56.3 Å². The average molecular weight is 558 g/mol. The summed E-state index contributed by atoms with van der Waals surface area (Å²) in [5, 5.41) is 16.3. The van der Waals surface area contributed by atoms with E-state index >= 15 is 0 Å². The Morgan fingerprint density at radius 3 is 2.42 bits per heavy atom. The van der Waals surface area contributed by atoms with Crippen molar-refractivity contribution < 1.29 is 4.42 Å². The number of nitrogens with one attached hydrogen (secondary N) is 2. The Morgan fingerprint density at radius 2 is 1.56 bits per heavy atom. The Morgan fingerprint density at radius 1 is 0.814 bits per heavy atom. The molecule has 0 bridgehead atoms. The SMILES string of the molecule is CC1CC=Cc2c1n(CNc1ccccc1C(=N)c1ccc(-c3ccccc3)cc1)c1ccc3c4ccccc4oc3c21. The van der Waals surface area contributed by atoms with Crippen LogP contribution in [-0.2, 0) is 6.67 Å². The van der Waals surface area contributed by atoms with E-state index in [-0.39, 0.29) is 0 Å². The zero-order valence-electron chi connectivity index (χ0n) is 24.0. The minimum absolute atomic E-state index is 0.380. The lowest BCUT2D eigenvalue weighted by molar-refractivity contribution is 0.660. The van der Waals surface area contributed by atoms with Gasteiger partial charge in [0.05, 0.1) is 23.3 Å². The number of hydrogen-bond acceptors (Lipinski definition) is 3. The highest BCUT2D eigenvalue weighted by molar-refractivity contribution is 6.17. The van der Waals surface area contributed by atoms with Crippen molar-refractivity contribution >= 4 is 50.3 Å². The van der Waals surface area contributed by atoms with Crippen molar-refractivity contribution in [3.05, 3.63) is 144 Å². The molecule has 1 aliphatic rings. The molecule has 0 radical (unpaired) electrons. The maximum absolute atomic E-state index is 9.13. The highest BCUT2D eigenvalue weighted by atomic mass is 16.3. The first-order chi connectivity index (χ1) is 21.2. The predicted molar refractivity (Wildman–Crippen MR) is 179 cm³/mol. The zero-order chi connectivity index (χ0) is 28.9. The molecule has 0 fully saturated rings. The van der Waals surface area contributed by atoms with Gasteiger partial charge >= 0.3 is 0 Å². The van der Waals surface area contributed by atoms with Crippen LogP contribution < -0.4 is 5.32 Å². The second kappa shape index (κ2) is 10.2. The quantitative estimate of drug-likeness (QED) is 0.200. The van der Waals surface area contributed by atoms with Gasteiger partial charge in [-0.3, -0.25) is 5.41 Å². The second-order valence-corrected chi connectivity index (χ2v) is 11.4. The molecule has 4 nitrogen and oxygen atoms in total. The van der Waals surface area contributed by atoms with Gasteiger partial charge in [-0.15, -0.1) is 0 Å². The molecule has 1 atom stereocenters. The fourth-order valence-electron chi connectivity index (χ4n) is 6.67. The zero-order valence-corrected chi connectivity index (χ0v) is 24.0. The summed E-state index contributed by atoms with van der Waals surface area (Å²) in [6, 6.07) is 39.5. The summed E-state index contributed by atoms with van der Waals surface area (Å²) in [7, 11) is 0. The molecule has 0 saturated carbocycles. The molecule has 2 aromatic heterocycles. The molecular formula is C39H31N3O. The van der Waals surface area contributed by atoms with Crippen LogP contribution in [0.15, 0.2) is 126 Å². The van der Waals surface area contributed by atoms with Crippen LogP contribution in [0.5, 0.6) is 0 Å². The molecule has 0 saturated heterocycles. The minimum atomic E-state index is 0.380. The number of furan rings is 1. The number of allylic oxidation sites excluding steroid dienone is 1. The van der Waals surface area contributed by atoms with Crippen molar-refractivity contribution in [3.8, 4) is 11.1 Å². The lowest BCUT2D eigenvalue weighted by atomic mass is 9.93. The van der Waals surface area contributed by atoms with Gasteiger partial charge in [0, 0.05) is 44.8 Å². The Hall–Kier alpha value is -5.35. The predicted octanol–water partition coefficient (Wildman–Crippen LogP) is 10.2. The summed E-state index contributed by atoms with van der Waals surface area (Å²) in [6.45, 7) is 2.89. The normalized spacial score (nSPS) is 14.4. The second-order valence-electron chi connectivity index (χ2n) is 11.4. The number of rotatable bonds is 6. The summed E-state index contributed by atoms with van der Waals surface area (Å²) < 4.78 is 8.89. The number of hydrogen-bond donors (Lipinski definition) is 2. The topological polar surface area (TPSA) is 54.0 Å². The van der Waals surface area contributed by atoms with Gasteiger partial charge in [-0.2, -0.15) is 0 Å². The van der Waals surface area contributed by atoms with E-state index < -0.39 is 0 Å². The number of anilines is 1. The molecule has 43 heavy (non-hydrogen) atoms. The number of aromatic nitrogens is 1. The molecule has 208 valence electrons. The number of benzene rings is 5. The van der Waals surface area contributed by atoms with Crippen molar-refractivity contribution in [1.29, 1.82) is 5.41 Å². The minimum Gasteiger partial charge on any atom is -0.455 e. The van der Waals surface area contributed by atoms with Gasteiger partial charge < -0.3 is 14.3 Å². The van der Waals surface area contributed by atoms with Crippen molar-refractivity contribution in [1.82, 2.24) is 4.57 Å². The van der Waals surface area contributed by atoms with E-state index in [9.17, 15) is 0 Å². The maximum atomic E-state index is 9.13. The van der Waals surface area contributed by atoms with Gasteiger partial charge in [0.1, 0.15) is 11.2 Å². The fraction of sp³-hybridized carbons (Fsp3) is 0.103.